The Labute approximate surface area is 143 Å². The van der Waals surface area contributed by atoms with Crippen LogP contribution < -0.4 is 10.1 Å². The minimum absolute atomic E-state index is 0.0726. The summed E-state index contributed by atoms with van der Waals surface area (Å²) in [7, 11) is 2.38. The molecular formula is C18H18F3NO3. The fourth-order valence-electron chi connectivity index (χ4n) is 2.47. The highest BCUT2D eigenvalue weighted by Crippen LogP contribution is 2.42. The van der Waals surface area contributed by atoms with Crippen LogP contribution in [0.2, 0.25) is 0 Å². The third kappa shape index (κ3) is 3.76. The maximum atomic E-state index is 13.7. The number of ether oxygens (including phenoxy) is 2. The molecule has 2 aromatic carbocycles. The van der Waals surface area contributed by atoms with Crippen LogP contribution in [0.15, 0.2) is 54.6 Å². The van der Waals surface area contributed by atoms with Crippen LogP contribution in [0, 0.1) is 0 Å². The van der Waals surface area contributed by atoms with E-state index in [0.29, 0.717) is 11.3 Å². The molecule has 0 aliphatic heterocycles. The van der Waals surface area contributed by atoms with E-state index in [-0.39, 0.29) is 12.1 Å². The van der Waals surface area contributed by atoms with Crippen LogP contribution in [0.25, 0.3) is 0 Å². The molecule has 2 rings (SSSR count). The van der Waals surface area contributed by atoms with Crippen LogP contribution in [0.4, 0.5) is 13.2 Å². The Hall–Kier alpha value is -2.54. The Morgan fingerprint density at radius 2 is 1.60 bits per heavy atom. The van der Waals surface area contributed by atoms with Gasteiger partial charge >= 0.3 is 6.18 Å². The van der Waals surface area contributed by atoms with Crippen molar-refractivity contribution >= 4 is 5.91 Å². The zero-order valence-corrected chi connectivity index (χ0v) is 13.8. The summed E-state index contributed by atoms with van der Waals surface area (Å²) < 4.78 is 50.9. The SMILES string of the molecule is COc1ccc(CNC(=O)C(OC)(c2ccccc2)C(F)(F)F)cc1. The maximum Gasteiger partial charge on any atom is 0.430 e. The molecule has 1 amide bonds. The fourth-order valence-corrected chi connectivity index (χ4v) is 2.47. The average Bonchev–Trinajstić information content (AvgIpc) is 2.61. The summed E-state index contributed by atoms with van der Waals surface area (Å²) in [5, 5.41) is 2.31. The van der Waals surface area contributed by atoms with Crippen LogP contribution >= 0.6 is 0 Å². The van der Waals surface area contributed by atoms with Crippen LogP contribution in [0.3, 0.4) is 0 Å². The lowest BCUT2D eigenvalue weighted by molar-refractivity contribution is -0.265. The third-order valence-corrected chi connectivity index (χ3v) is 3.82. The minimum atomic E-state index is -4.92. The van der Waals surface area contributed by atoms with Gasteiger partial charge in [0.05, 0.1) is 7.11 Å². The van der Waals surface area contributed by atoms with E-state index in [4.69, 9.17) is 9.47 Å². The number of benzene rings is 2. The molecule has 25 heavy (non-hydrogen) atoms. The zero-order valence-electron chi connectivity index (χ0n) is 13.8. The van der Waals surface area contributed by atoms with Gasteiger partial charge in [0.15, 0.2) is 0 Å². The van der Waals surface area contributed by atoms with Gasteiger partial charge in [0, 0.05) is 19.2 Å². The van der Waals surface area contributed by atoms with Gasteiger partial charge < -0.3 is 14.8 Å². The van der Waals surface area contributed by atoms with Gasteiger partial charge in [0.1, 0.15) is 5.75 Å². The second-order valence-corrected chi connectivity index (χ2v) is 5.28. The summed E-state index contributed by atoms with van der Waals surface area (Å²) in [6.45, 7) is -0.0726. The predicted molar refractivity (Wildman–Crippen MR) is 86.0 cm³/mol. The summed E-state index contributed by atoms with van der Waals surface area (Å²) >= 11 is 0. The van der Waals surface area contributed by atoms with Gasteiger partial charge in [-0.2, -0.15) is 13.2 Å². The minimum Gasteiger partial charge on any atom is -0.497 e. The highest BCUT2D eigenvalue weighted by atomic mass is 19.4. The number of carbonyl (C=O) groups is 1. The smallest absolute Gasteiger partial charge is 0.430 e. The molecule has 0 heterocycles. The van der Waals surface area contributed by atoms with Crippen molar-refractivity contribution in [2.75, 3.05) is 14.2 Å². The number of methoxy groups -OCH3 is 2. The first-order valence-corrected chi connectivity index (χ1v) is 7.43. The number of carbonyl (C=O) groups excluding carboxylic acids is 1. The maximum absolute atomic E-state index is 13.7. The highest BCUT2D eigenvalue weighted by molar-refractivity contribution is 5.87. The number of halogens is 3. The van der Waals surface area contributed by atoms with Crippen molar-refractivity contribution in [1.82, 2.24) is 5.32 Å². The molecule has 0 aliphatic rings. The Bertz CT molecular complexity index is 702. The molecule has 0 fully saturated rings. The van der Waals surface area contributed by atoms with Gasteiger partial charge in [-0.3, -0.25) is 4.79 Å². The van der Waals surface area contributed by atoms with Crippen molar-refractivity contribution in [2.45, 2.75) is 18.3 Å². The summed E-state index contributed by atoms with van der Waals surface area (Å²) in [5.74, 6) is -0.662. The molecule has 2 aromatic rings. The summed E-state index contributed by atoms with van der Waals surface area (Å²) in [5.41, 5.74) is -2.72. The number of nitrogens with one attached hydrogen (secondary N) is 1. The topological polar surface area (TPSA) is 47.6 Å². The van der Waals surface area contributed by atoms with Gasteiger partial charge in [0.2, 0.25) is 0 Å². The fraction of sp³-hybridized carbons (Fsp3) is 0.278. The molecule has 1 atom stereocenters. The van der Waals surface area contributed by atoms with Crippen molar-refractivity contribution in [1.29, 1.82) is 0 Å². The molecule has 0 spiro atoms. The number of rotatable bonds is 6. The van der Waals surface area contributed by atoms with Crippen LogP contribution in [-0.2, 0) is 21.7 Å². The Kier molecular flexibility index (Phi) is 5.69. The lowest BCUT2D eigenvalue weighted by Gasteiger charge is -2.33. The average molecular weight is 353 g/mol. The number of hydrogen-bond donors (Lipinski definition) is 1. The number of alkyl halides is 3. The monoisotopic (exact) mass is 353 g/mol. The van der Waals surface area contributed by atoms with Crippen LogP contribution in [0.5, 0.6) is 5.75 Å². The quantitative estimate of drug-likeness (QED) is 0.866. The van der Waals surface area contributed by atoms with Crippen LogP contribution in [0.1, 0.15) is 11.1 Å². The second kappa shape index (κ2) is 7.57. The van der Waals surface area contributed by atoms with Crippen molar-refractivity contribution in [2.24, 2.45) is 0 Å². The van der Waals surface area contributed by atoms with Gasteiger partial charge in [-0.25, -0.2) is 0 Å². The first-order chi connectivity index (χ1) is 11.8. The number of hydrogen-bond acceptors (Lipinski definition) is 3. The normalized spacial score (nSPS) is 13.8. The molecule has 0 bridgehead atoms. The van der Waals surface area contributed by atoms with Gasteiger partial charge in [-0.05, 0) is 17.7 Å². The van der Waals surface area contributed by atoms with E-state index in [2.05, 4.69) is 5.32 Å². The van der Waals surface area contributed by atoms with E-state index in [1.165, 1.54) is 31.4 Å². The number of amides is 1. The van der Waals surface area contributed by atoms with Gasteiger partial charge in [0.25, 0.3) is 11.5 Å². The van der Waals surface area contributed by atoms with E-state index in [1.807, 2.05) is 0 Å². The molecule has 1 unspecified atom stereocenters. The molecule has 134 valence electrons. The summed E-state index contributed by atoms with van der Waals surface area (Å²) in [4.78, 5) is 12.5. The summed E-state index contributed by atoms with van der Waals surface area (Å²) in [6.07, 6.45) is -4.92. The van der Waals surface area contributed by atoms with Crippen molar-refractivity contribution in [3.05, 3.63) is 65.7 Å². The molecule has 0 saturated heterocycles. The van der Waals surface area contributed by atoms with E-state index >= 15 is 0 Å². The lowest BCUT2D eigenvalue weighted by Crippen LogP contribution is -2.55. The van der Waals surface area contributed by atoms with E-state index in [1.54, 1.807) is 30.3 Å². The van der Waals surface area contributed by atoms with E-state index in [0.717, 1.165) is 7.11 Å². The lowest BCUT2D eigenvalue weighted by atomic mass is 9.91. The molecular weight excluding hydrogens is 335 g/mol. The van der Waals surface area contributed by atoms with Crippen molar-refractivity contribution < 1.29 is 27.4 Å². The molecule has 1 N–H and O–H groups in total. The third-order valence-electron chi connectivity index (χ3n) is 3.82. The first kappa shape index (κ1) is 18.8. The highest BCUT2D eigenvalue weighted by Gasteiger charge is 2.62. The van der Waals surface area contributed by atoms with Gasteiger partial charge in [-0.1, -0.05) is 42.5 Å². The molecule has 0 aliphatic carbocycles. The molecule has 0 radical (unpaired) electrons. The predicted octanol–water partition coefficient (Wildman–Crippen LogP) is 3.42. The van der Waals surface area contributed by atoms with Crippen molar-refractivity contribution in [3.8, 4) is 5.75 Å². The largest absolute Gasteiger partial charge is 0.497 e. The molecule has 7 heteroatoms. The van der Waals surface area contributed by atoms with Crippen LogP contribution in [-0.4, -0.2) is 26.3 Å². The Morgan fingerprint density at radius 1 is 1.00 bits per heavy atom. The standard InChI is InChI=1S/C18H18F3NO3/c1-24-15-10-8-13(9-11-15)12-22-16(23)17(25-2,18(19,20)21)14-6-4-3-5-7-14/h3-11H,12H2,1-2H3,(H,22,23). The van der Waals surface area contributed by atoms with Crippen molar-refractivity contribution in [3.63, 3.8) is 0 Å². The van der Waals surface area contributed by atoms with E-state index in [9.17, 15) is 18.0 Å². The van der Waals surface area contributed by atoms with Gasteiger partial charge in [-0.15, -0.1) is 0 Å². The first-order valence-electron chi connectivity index (χ1n) is 7.43. The summed E-state index contributed by atoms with van der Waals surface area (Å²) in [6, 6.07) is 13.5. The molecule has 4 nitrogen and oxygen atoms in total. The Morgan fingerprint density at radius 3 is 2.08 bits per heavy atom. The second-order valence-electron chi connectivity index (χ2n) is 5.28. The Balaban J connectivity index is 2.26. The molecule has 0 aromatic heterocycles. The zero-order chi connectivity index (χ0) is 18.5. The van der Waals surface area contributed by atoms with E-state index < -0.39 is 17.7 Å². The molecule has 0 saturated carbocycles.